The van der Waals surface area contributed by atoms with Crippen LogP contribution in [-0.2, 0) is 9.47 Å². The van der Waals surface area contributed by atoms with Crippen LogP contribution in [-0.4, -0.2) is 47.8 Å². The Labute approximate surface area is 69.7 Å². The fourth-order valence-electron chi connectivity index (χ4n) is 1.04. The molecule has 1 saturated heterocycles. The van der Waals surface area contributed by atoms with Crippen molar-refractivity contribution >= 4 is 11.6 Å². The Bertz CT molecular complexity index is 114. The standard InChI is InChI=1S/C6H11ClO4/c1-10-6-5(9)4(8)3(2-7)11-6/h3-6,8-9H,2H2,1H3/t3-,4-,5-,6+/m1/s1. The van der Waals surface area contributed by atoms with Crippen LogP contribution >= 0.6 is 11.6 Å². The molecule has 4 atom stereocenters. The molecule has 66 valence electrons. The Morgan fingerprint density at radius 1 is 1.45 bits per heavy atom. The molecular weight excluding hydrogens is 172 g/mol. The van der Waals surface area contributed by atoms with Crippen molar-refractivity contribution in [2.24, 2.45) is 0 Å². The summed E-state index contributed by atoms with van der Waals surface area (Å²) in [6, 6.07) is 0. The van der Waals surface area contributed by atoms with Gasteiger partial charge in [-0.1, -0.05) is 0 Å². The van der Waals surface area contributed by atoms with Gasteiger partial charge in [-0.05, 0) is 0 Å². The third-order valence-electron chi connectivity index (χ3n) is 1.70. The van der Waals surface area contributed by atoms with Crippen LogP contribution in [0.4, 0.5) is 0 Å². The number of methoxy groups -OCH3 is 1. The first-order chi connectivity index (χ1) is 5.20. The van der Waals surface area contributed by atoms with Gasteiger partial charge in [-0.25, -0.2) is 0 Å². The van der Waals surface area contributed by atoms with E-state index in [1.807, 2.05) is 0 Å². The van der Waals surface area contributed by atoms with Gasteiger partial charge in [0.1, 0.15) is 18.3 Å². The fourth-order valence-corrected chi connectivity index (χ4v) is 1.29. The number of alkyl halides is 1. The average Bonchev–Trinajstić information content (AvgIpc) is 2.30. The van der Waals surface area contributed by atoms with Crippen molar-refractivity contribution in [1.29, 1.82) is 0 Å². The predicted octanol–water partition coefficient (Wildman–Crippen LogP) is -0.682. The van der Waals surface area contributed by atoms with Gasteiger partial charge in [-0.15, -0.1) is 11.6 Å². The van der Waals surface area contributed by atoms with Crippen molar-refractivity contribution in [2.45, 2.75) is 24.6 Å². The number of rotatable bonds is 2. The molecule has 1 rings (SSSR count). The molecule has 0 aliphatic carbocycles. The molecule has 1 aliphatic heterocycles. The second kappa shape index (κ2) is 3.69. The Kier molecular flexibility index (Phi) is 3.09. The van der Waals surface area contributed by atoms with Crippen molar-refractivity contribution in [3.05, 3.63) is 0 Å². The zero-order chi connectivity index (χ0) is 8.43. The van der Waals surface area contributed by atoms with E-state index in [-0.39, 0.29) is 5.88 Å². The van der Waals surface area contributed by atoms with E-state index in [2.05, 4.69) is 0 Å². The van der Waals surface area contributed by atoms with Crippen LogP contribution in [0.5, 0.6) is 0 Å². The molecule has 1 fully saturated rings. The van der Waals surface area contributed by atoms with Crippen LogP contribution in [0, 0.1) is 0 Å². The number of halogens is 1. The van der Waals surface area contributed by atoms with Gasteiger partial charge < -0.3 is 19.7 Å². The van der Waals surface area contributed by atoms with E-state index in [0.29, 0.717) is 0 Å². The molecular formula is C6H11ClO4. The average molecular weight is 183 g/mol. The van der Waals surface area contributed by atoms with Gasteiger partial charge in [0.15, 0.2) is 6.29 Å². The highest BCUT2D eigenvalue weighted by Gasteiger charge is 2.42. The molecule has 0 bridgehead atoms. The van der Waals surface area contributed by atoms with Crippen LogP contribution in [0.25, 0.3) is 0 Å². The maximum absolute atomic E-state index is 9.22. The maximum atomic E-state index is 9.22. The molecule has 0 radical (unpaired) electrons. The molecule has 0 aromatic rings. The highest BCUT2D eigenvalue weighted by atomic mass is 35.5. The fraction of sp³-hybridized carbons (Fsp3) is 1.00. The Morgan fingerprint density at radius 2 is 2.09 bits per heavy atom. The van der Waals surface area contributed by atoms with Crippen molar-refractivity contribution in [2.75, 3.05) is 13.0 Å². The highest BCUT2D eigenvalue weighted by Crippen LogP contribution is 2.22. The number of hydrogen-bond donors (Lipinski definition) is 2. The summed E-state index contributed by atoms with van der Waals surface area (Å²) in [5.74, 6) is 0.151. The second-order valence-corrected chi connectivity index (χ2v) is 2.72. The molecule has 0 spiro atoms. The summed E-state index contributed by atoms with van der Waals surface area (Å²) in [7, 11) is 1.40. The summed E-state index contributed by atoms with van der Waals surface area (Å²) in [6.45, 7) is 0. The number of aliphatic hydroxyl groups is 2. The van der Waals surface area contributed by atoms with Gasteiger partial charge in [0.2, 0.25) is 0 Å². The molecule has 0 amide bonds. The SMILES string of the molecule is CO[C@H]1O[C@H](CCl)[C@@H](O)[C@H]1O. The number of aliphatic hydroxyl groups excluding tert-OH is 2. The molecule has 2 N–H and O–H groups in total. The van der Waals surface area contributed by atoms with E-state index in [1.54, 1.807) is 0 Å². The smallest absolute Gasteiger partial charge is 0.186 e. The van der Waals surface area contributed by atoms with E-state index in [0.717, 1.165) is 0 Å². The van der Waals surface area contributed by atoms with Crippen molar-refractivity contribution in [3.63, 3.8) is 0 Å². The molecule has 4 nitrogen and oxygen atoms in total. The van der Waals surface area contributed by atoms with E-state index in [1.165, 1.54) is 7.11 Å². The number of hydrogen-bond acceptors (Lipinski definition) is 4. The quantitative estimate of drug-likeness (QED) is 0.556. The molecule has 0 saturated carbocycles. The summed E-state index contributed by atoms with van der Waals surface area (Å²) in [5.41, 5.74) is 0. The third kappa shape index (κ3) is 1.65. The van der Waals surface area contributed by atoms with Crippen LogP contribution in [0.3, 0.4) is 0 Å². The van der Waals surface area contributed by atoms with Gasteiger partial charge in [0.05, 0.1) is 5.88 Å². The minimum absolute atomic E-state index is 0.151. The molecule has 0 unspecified atom stereocenters. The van der Waals surface area contributed by atoms with Gasteiger partial charge in [-0.2, -0.15) is 0 Å². The molecule has 0 aromatic heterocycles. The van der Waals surface area contributed by atoms with Crippen LogP contribution in [0.1, 0.15) is 0 Å². The maximum Gasteiger partial charge on any atom is 0.186 e. The molecule has 11 heavy (non-hydrogen) atoms. The third-order valence-corrected chi connectivity index (χ3v) is 2.01. The van der Waals surface area contributed by atoms with Crippen molar-refractivity contribution < 1.29 is 19.7 Å². The first kappa shape index (κ1) is 9.22. The van der Waals surface area contributed by atoms with Gasteiger partial charge in [0.25, 0.3) is 0 Å². The van der Waals surface area contributed by atoms with Crippen LogP contribution in [0.15, 0.2) is 0 Å². The predicted molar refractivity (Wildman–Crippen MR) is 38.4 cm³/mol. The largest absolute Gasteiger partial charge is 0.387 e. The van der Waals surface area contributed by atoms with Gasteiger partial charge >= 0.3 is 0 Å². The zero-order valence-electron chi connectivity index (χ0n) is 6.11. The first-order valence-corrected chi connectivity index (χ1v) is 3.84. The number of ether oxygens (including phenoxy) is 2. The van der Waals surface area contributed by atoms with Crippen LogP contribution in [0.2, 0.25) is 0 Å². The molecule has 5 heteroatoms. The Hall–Kier alpha value is 0.130. The van der Waals surface area contributed by atoms with Crippen molar-refractivity contribution in [1.82, 2.24) is 0 Å². The molecule has 0 aromatic carbocycles. The summed E-state index contributed by atoms with van der Waals surface area (Å²) in [5, 5.41) is 18.4. The highest BCUT2D eigenvalue weighted by molar-refractivity contribution is 6.18. The first-order valence-electron chi connectivity index (χ1n) is 3.31. The van der Waals surface area contributed by atoms with E-state index in [4.69, 9.17) is 21.1 Å². The summed E-state index contributed by atoms with van der Waals surface area (Å²) < 4.78 is 9.77. The normalized spacial score (nSPS) is 44.7. The monoisotopic (exact) mass is 182 g/mol. The van der Waals surface area contributed by atoms with E-state index < -0.39 is 24.6 Å². The van der Waals surface area contributed by atoms with E-state index in [9.17, 15) is 10.2 Å². The summed E-state index contributed by atoms with van der Waals surface area (Å²) >= 11 is 5.44. The summed E-state index contributed by atoms with van der Waals surface area (Å²) in [6.07, 6.45) is -3.23. The van der Waals surface area contributed by atoms with E-state index >= 15 is 0 Å². The Morgan fingerprint density at radius 3 is 2.36 bits per heavy atom. The Balaban J connectivity index is 2.53. The lowest BCUT2D eigenvalue weighted by Gasteiger charge is -2.11. The van der Waals surface area contributed by atoms with Crippen molar-refractivity contribution in [3.8, 4) is 0 Å². The van der Waals surface area contributed by atoms with Gasteiger partial charge in [0, 0.05) is 7.11 Å². The lowest BCUT2D eigenvalue weighted by molar-refractivity contribution is -0.145. The molecule has 1 heterocycles. The minimum Gasteiger partial charge on any atom is -0.387 e. The lowest BCUT2D eigenvalue weighted by atomic mass is 10.2. The van der Waals surface area contributed by atoms with Crippen LogP contribution < -0.4 is 0 Å². The second-order valence-electron chi connectivity index (χ2n) is 2.41. The zero-order valence-corrected chi connectivity index (χ0v) is 6.86. The van der Waals surface area contributed by atoms with Gasteiger partial charge in [-0.3, -0.25) is 0 Å². The molecule has 1 aliphatic rings. The summed E-state index contributed by atoms with van der Waals surface area (Å²) in [4.78, 5) is 0. The topological polar surface area (TPSA) is 58.9 Å². The lowest BCUT2D eigenvalue weighted by Crippen LogP contribution is -2.33. The minimum atomic E-state index is -0.997.